The minimum Gasteiger partial charge on any atom is -0.496 e. The van der Waals surface area contributed by atoms with E-state index in [4.69, 9.17) is 9.47 Å². The van der Waals surface area contributed by atoms with Gasteiger partial charge in [0.05, 0.1) is 14.2 Å². The second-order valence-corrected chi connectivity index (χ2v) is 5.03. The highest BCUT2D eigenvalue weighted by molar-refractivity contribution is 6.02. The van der Waals surface area contributed by atoms with Crippen LogP contribution in [0.15, 0.2) is 18.2 Å². The lowest BCUT2D eigenvalue weighted by atomic mass is 9.81. The minimum atomic E-state index is -2.64. The number of ketones is 1. The fourth-order valence-electron chi connectivity index (χ4n) is 2.60. The van der Waals surface area contributed by atoms with Crippen LogP contribution < -0.4 is 9.47 Å². The average molecular weight is 284 g/mol. The Morgan fingerprint density at radius 2 is 1.65 bits per heavy atom. The van der Waals surface area contributed by atoms with Crippen molar-refractivity contribution in [1.82, 2.24) is 0 Å². The molecule has 1 aliphatic carbocycles. The summed E-state index contributed by atoms with van der Waals surface area (Å²) in [6.07, 6.45) is -0.0676. The smallest absolute Gasteiger partial charge is 0.248 e. The Hall–Kier alpha value is -1.65. The second-order valence-electron chi connectivity index (χ2n) is 5.03. The van der Waals surface area contributed by atoms with Crippen molar-refractivity contribution in [3.05, 3.63) is 23.8 Å². The maximum atomic E-state index is 13.2. The van der Waals surface area contributed by atoms with Crippen molar-refractivity contribution >= 4 is 5.78 Å². The van der Waals surface area contributed by atoms with Crippen molar-refractivity contribution in [3.8, 4) is 11.5 Å². The highest BCUT2D eigenvalue weighted by Crippen LogP contribution is 2.40. The molecule has 0 heterocycles. The maximum Gasteiger partial charge on any atom is 0.248 e. The minimum absolute atomic E-state index is 0.171. The van der Waals surface area contributed by atoms with Crippen molar-refractivity contribution < 1.29 is 23.0 Å². The molecule has 3 nitrogen and oxygen atoms in total. The van der Waals surface area contributed by atoms with Gasteiger partial charge in [-0.25, -0.2) is 8.78 Å². The molecule has 1 saturated carbocycles. The van der Waals surface area contributed by atoms with E-state index in [1.54, 1.807) is 18.2 Å². The molecule has 1 aromatic rings. The molecule has 110 valence electrons. The maximum absolute atomic E-state index is 13.2. The van der Waals surface area contributed by atoms with Gasteiger partial charge < -0.3 is 9.47 Å². The summed E-state index contributed by atoms with van der Waals surface area (Å²) in [4.78, 5) is 12.6. The molecule has 0 spiro atoms. The number of carbonyl (C=O) groups excluding carboxylic acids is 1. The third-order valence-electron chi connectivity index (χ3n) is 3.76. The van der Waals surface area contributed by atoms with E-state index in [1.165, 1.54) is 14.2 Å². The van der Waals surface area contributed by atoms with E-state index in [9.17, 15) is 13.6 Å². The summed E-state index contributed by atoms with van der Waals surface area (Å²) >= 11 is 0. The van der Waals surface area contributed by atoms with Crippen LogP contribution >= 0.6 is 0 Å². The van der Waals surface area contributed by atoms with Gasteiger partial charge in [-0.05, 0) is 25.0 Å². The van der Waals surface area contributed by atoms with Crippen molar-refractivity contribution in [2.75, 3.05) is 14.2 Å². The van der Waals surface area contributed by atoms with E-state index in [1.807, 2.05) is 0 Å². The summed E-state index contributed by atoms with van der Waals surface area (Å²) in [7, 11) is 2.95. The van der Waals surface area contributed by atoms with Gasteiger partial charge in [-0.1, -0.05) is 6.07 Å². The molecular weight excluding hydrogens is 266 g/mol. The normalized spacial score (nSPS) is 18.6. The van der Waals surface area contributed by atoms with Crippen LogP contribution in [0.5, 0.6) is 11.5 Å². The molecule has 0 aromatic heterocycles. The number of hydrogen-bond donors (Lipinski definition) is 0. The van der Waals surface area contributed by atoms with E-state index in [2.05, 4.69) is 0 Å². The number of benzene rings is 1. The molecule has 0 N–H and O–H groups in total. The number of hydrogen-bond acceptors (Lipinski definition) is 3. The zero-order valence-electron chi connectivity index (χ0n) is 11.6. The first-order valence-electron chi connectivity index (χ1n) is 6.61. The molecule has 1 aliphatic rings. The first-order chi connectivity index (χ1) is 9.48. The van der Waals surface area contributed by atoms with Crippen LogP contribution in [0.2, 0.25) is 0 Å². The second kappa shape index (κ2) is 5.77. The number of rotatable bonds is 4. The highest BCUT2D eigenvalue weighted by atomic mass is 19.3. The molecule has 0 aliphatic heterocycles. The zero-order valence-corrected chi connectivity index (χ0v) is 11.6. The van der Waals surface area contributed by atoms with Gasteiger partial charge in [0, 0.05) is 18.8 Å². The van der Waals surface area contributed by atoms with Crippen molar-refractivity contribution in [2.45, 2.75) is 31.6 Å². The Morgan fingerprint density at radius 1 is 1.15 bits per heavy atom. The monoisotopic (exact) mass is 284 g/mol. The van der Waals surface area contributed by atoms with Gasteiger partial charge in [0.15, 0.2) is 5.78 Å². The van der Waals surface area contributed by atoms with Crippen molar-refractivity contribution in [3.63, 3.8) is 0 Å². The van der Waals surface area contributed by atoms with E-state index in [0.29, 0.717) is 17.1 Å². The fraction of sp³-hybridized carbons (Fsp3) is 0.533. The van der Waals surface area contributed by atoms with Gasteiger partial charge in [0.1, 0.15) is 17.1 Å². The summed E-state index contributed by atoms with van der Waals surface area (Å²) in [5, 5.41) is 0. The van der Waals surface area contributed by atoms with Crippen LogP contribution in [0.1, 0.15) is 36.0 Å². The number of halogens is 2. The standard InChI is InChI=1S/C15H18F2O3/c1-19-11-4-3-5-12(20-2)13(11)14(18)10-6-8-15(16,17)9-7-10/h3-5,10H,6-9H2,1-2H3. The lowest BCUT2D eigenvalue weighted by Gasteiger charge is -2.28. The van der Waals surface area contributed by atoms with E-state index in [-0.39, 0.29) is 37.4 Å². The topological polar surface area (TPSA) is 35.5 Å². The van der Waals surface area contributed by atoms with Gasteiger partial charge in [0.2, 0.25) is 5.92 Å². The predicted molar refractivity (Wildman–Crippen MR) is 70.8 cm³/mol. The molecule has 0 amide bonds. The third kappa shape index (κ3) is 2.92. The predicted octanol–water partition coefficient (Wildman–Crippen LogP) is 3.71. The molecule has 20 heavy (non-hydrogen) atoms. The van der Waals surface area contributed by atoms with Crippen LogP contribution in [0.25, 0.3) is 0 Å². The Morgan fingerprint density at radius 3 is 2.10 bits per heavy atom. The first kappa shape index (κ1) is 14.8. The molecule has 2 rings (SSSR count). The molecule has 0 bridgehead atoms. The third-order valence-corrected chi connectivity index (χ3v) is 3.76. The van der Waals surface area contributed by atoms with Crippen molar-refractivity contribution in [1.29, 1.82) is 0 Å². The Bertz CT molecular complexity index is 468. The molecule has 0 unspecified atom stereocenters. The Kier molecular flexibility index (Phi) is 4.26. The molecular formula is C15H18F2O3. The molecule has 1 aromatic carbocycles. The summed E-state index contributed by atoms with van der Waals surface area (Å²) in [6, 6.07) is 5.07. The molecule has 5 heteroatoms. The van der Waals surface area contributed by atoms with E-state index >= 15 is 0 Å². The van der Waals surface area contributed by atoms with Gasteiger partial charge in [0.25, 0.3) is 0 Å². The number of carbonyl (C=O) groups is 1. The largest absolute Gasteiger partial charge is 0.496 e. The van der Waals surface area contributed by atoms with Gasteiger partial charge in [-0.15, -0.1) is 0 Å². The first-order valence-corrected chi connectivity index (χ1v) is 6.61. The number of ether oxygens (including phenoxy) is 2. The van der Waals surface area contributed by atoms with E-state index in [0.717, 1.165) is 0 Å². The SMILES string of the molecule is COc1cccc(OC)c1C(=O)C1CCC(F)(F)CC1. The zero-order chi connectivity index (χ0) is 14.8. The van der Waals surface area contributed by atoms with Crippen LogP contribution in [0.4, 0.5) is 8.78 Å². The molecule has 1 fully saturated rings. The lowest BCUT2D eigenvalue weighted by molar-refractivity contribution is -0.0424. The summed E-state index contributed by atoms with van der Waals surface area (Å²) in [5.74, 6) is -2.35. The summed E-state index contributed by atoms with van der Waals surface area (Å²) in [6.45, 7) is 0. The Balaban J connectivity index is 2.25. The van der Waals surface area contributed by atoms with Gasteiger partial charge in [-0.3, -0.25) is 4.79 Å². The van der Waals surface area contributed by atoms with Gasteiger partial charge >= 0.3 is 0 Å². The average Bonchev–Trinajstić information content (AvgIpc) is 2.45. The number of methoxy groups -OCH3 is 2. The highest BCUT2D eigenvalue weighted by Gasteiger charge is 2.38. The molecule has 0 atom stereocenters. The van der Waals surface area contributed by atoms with Crippen LogP contribution in [-0.2, 0) is 0 Å². The number of Topliss-reactive ketones (excluding diaryl/α,β-unsaturated/α-hetero) is 1. The quantitative estimate of drug-likeness (QED) is 0.791. The molecule has 0 saturated heterocycles. The summed E-state index contributed by atoms with van der Waals surface area (Å²) in [5.41, 5.74) is 0.354. The summed E-state index contributed by atoms with van der Waals surface area (Å²) < 4.78 is 36.7. The fourth-order valence-corrected chi connectivity index (χ4v) is 2.60. The lowest BCUT2D eigenvalue weighted by Crippen LogP contribution is -2.29. The van der Waals surface area contributed by atoms with Gasteiger partial charge in [-0.2, -0.15) is 0 Å². The van der Waals surface area contributed by atoms with Crippen LogP contribution in [0.3, 0.4) is 0 Å². The van der Waals surface area contributed by atoms with Crippen LogP contribution in [0, 0.1) is 5.92 Å². The Labute approximate surface area is 116 Å². The van der Waals surface area contributed by atoms with Crippen molar-refractivity contribution in [2.24, 2.45) is 5.92 Å². The van der Waals surface area contributed by atoms with E-state index < -0.39 is 5.92 Å². The van der Waals surface area contributed by atoms with Crippen LogP contribution in [-0.4, -0.2) is 25.9 Å². The number of alkyl halides is 2. The molecule has 0 radical (unpaired) electrons.